The van der Waals surface area contributed by atoms with Gasteiger partial charge in [-0.2, -0.15) is 0 Å². The van der Waals surface area contributed by atoms with E-state index < -0.39 is 17.9 Å². The first-order valence-corrected chi connectivity index (χ1v) is 8.39. The number of benzene rings is 2. The number of phenols is 1. The third-order valence-electron chi connectivity index (χ3n) is 3.88. The van der Waals surface area contributed by atoms with Gasteiger partial charge in [0.2, 0.25) is 0 Å². The van der Waals surface area contributed by atoms with E-state index in [2.05, 4.69) is 5.32 Å². The minimum absolute atomic E-state index is 0.0129. The van der Waals surface area contributed by atoms with E-state index in [0.717, 1.165) is 0 Å². The molecule has 0 unspecified atom stereocenters. The maximum Gasteiger partial charge on any atom is 0.333 e. The molecule has 3 rings (SSSR count). The van der Waals surface area contributed by atoms with Crippen molar-refractivity contribution < 1.29 is 23.8 Å². The zero-order valence-electron chi connectivity index (χ0n) is 14.3. The Morgan fingerprint density at radius 3 is 2.59 bits per heavy atom. The van der Waals surface area contributed by atoms with Crippen LogP contribution >= 0.6 is 11.6 Å². The molecule has 0 saturated heterocycles. The van der Waals surface area contributed by atoms with E-state index in [1.54, 1.807) is 42.5 Å². The van der Waals surface area contributed by atoms with Crippen LogP contribution < -0.4 is 5.32 Å². The summed E-state index contributed by atoms with van der Waals surface area (Å²) in [5.41, 5.74) is 1.03. The van der Waals surface area contributed by atoms with Gasteiger partial charge in [-0.3, -0.25) is 4.79 Å². The summed E-state index contributed by atoms with van der Waals surface area (Å²) in [5, 5.41) is 12.7. The topological polar surface area (TPSA) is 88.8 Å². The van der Waals surface area contributed by atoms with Gasteiger partial charge in [-0.15, -0.1) is 0 Å². The maximum atomic E-state index is 12.6. The molecule has 0 aliphatic rings. The smallest absolute Gasteiger partial charge is 0.333 e. The molecule has 0 fully saturated rings. The van der Waals surface area contributed by atoms with Gasteiger partial charge in [-0.1, -0.05) is 35.9 Å². The Balaban J connectivity index is 1.84. The number of phenolic OH excluding ortho intramolecular Hbond substituents is 1. The lowest BCUT2D eigenvalue weighted by Crippen LogP contribution is -2.34. The largest absolute Gasteiger partial charge is 0.508 e. The Morgan fingerprint density at radius 1 is 1.11 bits per heavy atom. The fourth-order valence-corrected chi connectivity index (χ4v) is 2.80. The number of nitrogens with one attached hydrogen (secondary N) is 1. The predicted molar refractivity (Wildman–Crippen MR) is 99.5 cm³/mol. The predicted octanol–water partition coefficient (Wildman–Crippen LogP) is 3.95. The Morgan fingerprint density at radius 2 is 1.89 bits per heavy atom. The molecule has 138 valence electrons. The van der Waals surface area contributed by atoms with Gasteiger partial charge < -0.3 is 19.6 Å². The van der Waals surface area contributed by atoms with Crippen LogP contribution in [0.15, 0.2) is 65.1 Å². The fourth-order valence-electron chi connectivity index (χ4n) is 2.57. The van der Waals surface area contributed by atoms with E-state index in [9.17, 15) is 14.7 Å². The molecule has 7 heteroatoms. The highest BCUT2D eigenvalue weighted by Gasteiger charge is 2.26. The Bertz CT molecular complexity index is 982. The molecule has 27 heavy (non-hydrogen) atoms. The molecular weight excluding hydrogens is 370 g/mol. The first-order valence-electron chi connectivity index (χ1n) is 8.02. The van der Waals surface area contributed by atoms with E-state index in [-0.39, 0.29) is 11.5 Å². The highest BCUT2D eigenvalue weighted by Crippen LogP contribution is 2.29. The number of halogens is 1. The van der Waals surface area contributed by atoms with Crippen molar-refractivity contribution in [1.29, 1.82) is 0 Å². The number of carbonyl (C=O) groups is 2. The lowest BCUT2D eigenvalue weighted by atomic mass is 10.1. The number of aromatic hydroxyl groups is 1. The molecule has 1 atom stereocenters. The molecule has 2 aromatic carbocycles. The number of ether oxygens (including phenoxy) is 1. The zero-order valence-corrected chi connectivity index (χ0v) is 15.1. The van der Waals surface area contributed by atoms with E-state index >= 15 is 0 Å². The third kappa shape index (κ3) is 4.12. The SMILES string of the molecule is COC(=O)[C@@H](NC(=O)c1ccc(-c2ccccc2Cl)o1)c1cccc(O)c1. The molecule has 0 saturated carbocycles. The molecule has 0 bridgehead atoms. The second kappa shape index (κ2) is 7.97. The molecule has 0 spiro atoms. The second-order valence-electron chi connectivity index (χ2n) is 5.67. The molecule has 0 radical (unpaired) electrons. The summed E-state index contributed by atoms with van der Waals surface area (Å²) in [4.78, 5) is 24.7. The number of rotatable bonds is 5. The number of hydrogen-bond donors (Lipinski definition) is 2. The van der Waals surface area contributed by atoms with Gasteiger partial charge in [0, 0.05) is 5.56 Å². The standard InChI is InChI=1S/C20H16ClNO5/c1-26-20(25)18(12-5-4-6-13(23)11-12)22-19(24)17-10-9-16(27-17)14-7-2-3-8-15(14)21/h2-11,18,23H,1H3,(H,22,24)/t18-/m0/s1. The highest BCUT2D eigenvalue weighted by atomic mass is 35.5. The average Bonchev–Trinajstić information content (AvgIpc) is 3.15. The average molecular weight is 386 g/mol. The molecule has 0 aliphatic heterocycles. The molecule has 2 N–H and O–H groups in total. The monoisotopic (exact) mass is 385 g/mol. The van der Waals surface area contributed by atoms with Gasteiger partial charge in [0.05, 0.1) is 12.1 Å². The Labute approximate surface area is 160 Å². The molecule has 1 heterocycles. The minimum atomic E-state index is -1.09. The molecule has 1 amide bonds. The van der Waals surface area contributed by atoms with Crippen molar-refractivity contribution in [2.24, 2.45) is 0 Å². The zero-order chi connectivity index (χ0) is 19.4. The summed E-state index contributed by atoms with van der Waals surface area (Å²) in [7, 11) is 1.21. The second-order valence-corrected chi connectivity index (χ2v) is 6.08. The van der Waals surface area contributed by atoms with E-state index in [4.69, 9.17) is 20.8 Å². The van der Waals surface area contributed by atoms with Gasteiger partial charge >= 0.3 is 5.97 Å². The van der Waals surface area contributed by atoms with Crippen LogP contribution in [-0.2, 0) is 9.53 Å². The summed E-state index contributed by atoms with van der Waals surface area (Å²) in [5.74, 6) is -0.870. The van der Waals surface area contributed by atoms with Crippen LogP contribution in [0.2, 0.25) is 5.02 Å². The van der Waals surface area contributed by atoms with Crippen molar-refractivity contribution >= 4 is 23.5 Å². The molecule has 3 aromatic rings. The van der Waals surface area contributed by atoms with Gasteiger partial charge in [-0.05, 0) is 42.0 Å². The van der Waals surface area contributed by atoms with Crippen LogP contribution in [-0.4, -0.2) is 24.1 Å². The number of hydrogen-bond acceptors (Lipinski definition) is 5. The number of amides is 1. The summed E-state index contributed by atoms with van der Waals surface area (Å²) in [6.45, 7) is 0. The quantitative estimate of drug-likeness (QED) is 0.649. The van der Waals surface area contributed by atoms with Crippen LogP contribution in [0.1, 0.15) is 22.2 Å². The van der Waals surface area contributed by atoms with Crippen LogP contribution in [0.4, 0.5) is 0 Å². The highest BCUT2D eigenvalue weighted by molar-refractivity contribution is 6.33. The van der Waals surface area contributed by atoms with Crippen LogP contribution in [0.5, 0.6) is 5.75 Å². The number of methoxy groups -OCH3 is 1. The van der Waals surface area contributed by atoms with Crippen molar-refractivity contribution in [2.45, 2.75) is 6.04 Å². The number of carbonyl (C=O) groups excluding carboxylic acids is 2. The lowest BCUT2D eigenvalue weighted by molar-refractivity contribution is -0.143. The van der Waals surface area contributed by atoms with Crippen molar-refractivity contribution in [2.75, 3.05) is 7.11 Å². The first kappa shape index (κ1) is 18.5. The summed E-state index contributed by atoms with van der Waals surface area (Å²) < 4.78 is 10.3. The maximum absolute atomic E-state index is 12.6. The van der Waals surface area contributed by atoms with Crippen LogP contribution in [0.3, 0.4) is 0 Å². The lowest BCUT2D eigenvalue weighted by Gasteiger charge is -2.16. The van der Waals surface area contributed by atoms with Crippen LogP contribution in [0.25, 0.3) is 11.3 Å². The summed E-state index contributed by atoms with van der Waals surface area (Å²) in [6, 6.07) is 15.1. The molecule has 0 aliphatic carbocycles. The third-order valence-corrected chi connectivity index (χ3v) is 4.21. The van der Waals surface area contributed by atoms with Gasteiger partial charge in [0.1, 0.15) is 11.5 Å². The summed E-state index contributed by atoms with van der Waals surface area (Å²) in [6.07, 6.45) is 0. The van der Waals surface area contributed by atoms with Gasteiger partial charge in [0.15, 0.2) is 11.8 Å². The first-order chi connectivity index (χ1) is 13.0. The van der Waals surface area contributed by atoms with Crippen molar-refractivity contribution in [3.8, 4) is 17.1 Å². The van der Waals surface area contributed by atoms with Gasteiger partial charge in [-0.25, -0.2) is 4.79 Å². The molecule has 1 aromatic heterocycles. The normalized spacial score (nSPS) is 11.6. The molecular formula is C20H16ClNO5. The van der Waals surface area contributed by atoms with E-state index in [0.29, 0.717) is 21.9 Å². The Hall–Kier alpha value is -3.25. The van der Waals surface area contributed by atoms with Crippen molar-refractivity contribution in [3.63, 3.8) is 0 Å². The number of esters is 1. The van der Waals surface area contributed by atoms with Crippen molar-refractivity contribution in [3.05, 3.63) is 77.0 Å². The fraction of sp³-hybridized carbons (Fsp3) is 0.100. The summed E-state index contributed by atoms with van der Waals surface area (Å²) >= 11 is 6.14. The van der Waals surface area contributed by atoms with Gasteiger partial charge in [0.25, 0.3) is 5.91 Å². The Kier molecular flexibility index (Phi) is 5.47. The van der Waals surface area contributed by atoms with Crippen molar-refractivity contribution in [1.82, 2.24) is 5.32 Å². The minimum Gasteiger partial charge on any atom is -0.508 e. The van der Waals surface area contributed by atoms with E-state index in [1.807, 2.05) is 0 Å². The van der Waals surface area contributed by atoms with Crippen LogP contribution in [0, 0.1) is 0 Å². The molecule has 6 nitrogen and oxygen atoms in total. The van der Waals surface area contributed by atoms with E-state index in [1.165, 1.54) is 25.3 Å². The number of furan rings is 1.